The quantitative estimate of drug-likeness (QED) is 0.0742. The fraction of sp³-hybridized carbons (Fsp3) is 0.837. The van der Waals surface area contributed by atoms with Crippen molar-refractivity contribution in [3.8, 4) is 0 Å². The highest BCUT2D eigenvalue weighted by molar-refractivity contribution is 7.74. The SMILES string of the molecule is CC[C@H]1CC[C@H](CC)P1CCP1[C@@H](CC)CC[C@@H]1CC.CC[C@H]1CC[C@H](CC)P1c1ccccc1P1[C@@H](CC)CC[C@@H]1CC.C[C@@H]1CC[C@@H](C)P1C1=C(P2[C@H](C)CC[C@H]2C)C(=O)OC1=O.C[C@@H]1[C@H]2OC(C)(C)O[C@@H]2[C@@H](C)P1c1ccccc1P1[C@H](C)[C@H]2OC(C)(C)O[C@@H]2[C@H]1C.C[C@H]1[C@H](C)[C@H](C)P(CCP2[C@@H](C)[C@@H](C)[C@H](C)[C@@H]2C)[C@H]1C. The Morgan fingerprint density at radius 1 is 0.278 bits per heavy atom. The van der Waals surface area contributed by atoms with Crippen LogP contribution in [0.4, 0.5) is 0 Å². The van der Waals surface area contributed by atoms with Crippen molar-refractivity contribution in [1.82, 2.24) is 0 Å². The predicted octanol–water partition coefficient (Wildman–Crippen LogP) is 28.2. The van der Waals surface area contributed by atoms with E-state index in [1.54, 1.807) is 60.9 Å². The molecule has 0 amide bonds. The first-order valence-electron chi connectivity index (χ1n) is 47.8. The molecular formula is C98H168O7P10. The monoisotopic (exact) mass is 1770 g/mol. The van der Waals surface area contributed by atoms with Gasteiger partial charge in [0.25, 0.3) is 0 Å². The fourth-order valence-electron chi connectivity index (χ4n) is 25.1. The Morgan fingerprint density at radius 3 is 0.713 bits per heavy atom. The summed E-state index contributed by atoms with van der Waals surface area (Å²) in [5.41, 5.74) is 16.7. The lowest BCUT2D eigenvalue weighted by molar-refractivity contribution is -0.150. The van der Waals surface area contributed by atoms with E-state index in [1.165, 1.54) is 103 Å². The van der Waals surface area contributed by atoms with Gasteiger partial charge in [-0.2, -0.15) is 0 Å². The largest absolute Gasteiger partial charge is 0.386 e. The van der Waals surface area contributed by atoms with Gasteiger partial charge in [-0.15, -0.1) is 15.8 Å². The number of benzene rings is 2. The van der Waals surface area contributed by atoms with Crippen LogP contribution in [0.1, 0.15) is 322 Å². The van der Waals surface area contributed by atoms with E-state index >= 15 is 0 Å². The molecule has 7 nitrogen and oxygen atoms in total. The first-order valence-corrected chi connectivity index (χ1v) is 63.4. The first kappa shape index (κ1) is 97.1. The van der Waals surface area contributed by atoms with E-state index in [0.717, 1.165) is 102 Å². The molecule has 0 N–H and O–H groups in total. The molecule has 0 unspecified atom stereocenters. The van der Waals surface area contributed by atoms with Crippen LogP contribution < -0.4 is 21.2 Å². The van der Waals surface area contributed by atoms with Gasteiger partial charge in [-0.05, 0) is 316 Å². The maximum atomic E-state index is 12.4. The highest BCUT2D eigenvalue weighted by atomic mass is 31.1. The summed E-state index contributed by atoms with van der Waals surface area (Å²) in [6, 6.07) is 19.0. The number of carbonyl (C=O) groups excluding carboxylic acids is 2. The molecule has 0 aliphatic carbocycles. The van der Waals surface area contributed by atoms with Crippen molar-refractivity contribution in [2.24, 2.45) is 23.7 Å². The van der Waals surface area contributed by atoms with Crippen molar-refractivity contribution in [3.63, 3.8) is 0 Å². The summed E-state index contributed by atoms with van der Waals surface area (Å²) >= 11 is 0. The van der Waals surface area contributed by atoms with Crippen LogP contribution in [0.5, 0.6) is 0 Å². The maximum absolute atomic E-state index is 12.4. The molecule has 0 radical (unpaired) electrons. The number of esters is 2. The zero-order valence-electron chi connectivity index (χ0n) is 78.1. The smallest absolute Gasteiger partial charge is 0.347 e. The van der Waals surface area contributed by atoms with Crippen LogP contribution in [0, 0.1) is 23.7 Å². The Balaban J connectivity index is 0.000000143. The van der Waals surface area contributed by atoms with Crippen LogP contribution in [-0.2, 0) is 33.3 Å². The normalized spacial score (nSPS) is 41.5. The van der Waals surface area contributed by atoms with E-state index in [2.05, 4.69) is 215 Å². The van der Waals surface area contributed by atoms with Gasteiger partial charge in [-0.1, -0.05) is 278 Å². The summed E-state index contributed by atoms with van der Waals surface area (Å²) in [6.07, 6.45) is 35.6. The summed E-state index contributed by atoms with van der Waals surface area (Å²) in [7, 11) is -0.317. The van der Waals surface area contributed by atoms with Gasteiger partial charge in [0.15, 0.2) is 11.6 Å². The molecule has 0 saturated carbocycles. The topological polar surface area (TPSA) is 80.3 Å². The standard InChI is InChI=1S/C24H36O4P2.C22H36P2.2C18H36P2.C16H24O3P2/c1-13-19-20(26-23(5,6)25-19)14(2)29(13)17-11-9-10-12-18(17)30-15(3)21-22(16(30)4)28-24(7,8)27-21;1-5-17-13-14-18(6-2)23(17)21-11-9-10-12-22(21)24-19(7-3)15-16-20(24)8-4;1-11-12(2)16(6)19(15(11)5)9-10-20-17(7)13(3)14(4)18(20)8;1-5-15-9-10-16(6-2)19(15)13-14-20-17(7-3)11-12-18(20)8-4;1-9-5-6-10(2)20(9)13-14(16(18)19-15(13)17)21-11(3)7-8-12(21)4/h9-16,19-22H,1-8H3;9-12,17-20H,5-8,13-16H2,1-4H3;11-18H,9-10H2,1-8H3;15-18H,5-14H2,1-4H3;9-12H,5-8H2,1-4H3/t13-,14-,15-,16-,19-,20-,21-,22-;17-,18-,19-,20-;11-,12-,13-,14-,15-,16-,17-,18-;15-,16-,17-,18-;9-,10-,11-,12-/m10001/s1. The third kappa shape index (κ3) is 20.8. The number of carbonyl (C=O) groups is 2. The summed E-state index contributed by atoms with van der Waals surface area (Å²) in [4.78, 5) is 24.7. The Hall–Kier alpha value is 1.46. The van der Waals surface area contributed by atoms with Crippen molar-refractivity contribution in [1.29, 1.82) is 0 Å². The third-order valence-electron chi connectivity index (χ3n) is 32.7. The third-order valence-corrected chi connectivity index (χ3v) is 70.0. The van der Waals surface area contributed by atoms with Gasteiger partial charge in [0, 0.05) is 22.6 Å². The minimum atomic E-state index is -0.528. The average molecular weight is 1770 g/mol. The lowest BCUT2D eigenvalue weighted by atomic mass is 9.92. The van der Waals surface area contributed by atoms with Crippen LogP contribution in [-0.4, -0.2) is 186 Å². The van der Waals surface area contributed by atoms with Gasteiger partial charge in [-0.25, -0.2) is 9.59 Å². The highest BCUT2D eigenvalue weighted by Gasteiger charge is 2.60. The Labute approximate surface area is 719 Å². The van der Waals surface area contributed by atoms with Crippen LogP contribution in [0.2, 0.25) is 0 Å². The lowest BCUT2D eigenvalue weighted by Crippen LogP contribution is -2.34. The van der Waals surface area contributed by atoms with E-state index in [0.29, 0.717) is 61.1 Å². The van der Waals surface area contributed by atoms with E-state index in [9.17, 15) is 9.59 Å². The van der Waals surface area contributed by atoms with E-state index in [1.807, 2.05) is 38.3 Å². The van der Waals surface area contributed by atoms with Crippen LogP contribution in [0.3, 0.4) is 0 Å². The number of ether oxygens (including phenoxy) is 5. The molecule has 0 spiro atoms. The van der Waals surface area contributed by atoms with Crippen LogP contribution in [0.15, 0.2) is 59.2 Å². The van der Waals surface area contributed by atoms with Crippen molar-refractivity contribution in [2.45, 2.75) is 471 Å². The average Bonchev–Trinajstić information content (AvgIpc) is 1.58. The molecule has 652 valence electrons. The van der Waals surface area contributed by atoms with Gasteiger partial charge < -0.3 is 23.7 Å². The minimum Gasteiger partial charge on any atom is -0.386 e. The van der Waals surface area contributed by atoms with Crippen LogP contribution in [0.25, 0.3) is 0 Å². The Bertz CT molecular complexity index is 3120. The van der Waals surface area contributed by atoms with Gasteiger partial charge >= 0.3 is 11.9 Å². The molecule has 115 heavy (non-hydrogen) atoms. The second-order valence-electron chi connectivity index (χ2n) is 39.6. The number of hydrogen-bond acceptors (Lipinski definition) is 7. The summed E-state index contributed by atoms with van der Waals surface area (Å²) in [5.74, 6) is 2.29. The van der Waals surface area contributed by atoms with Gasteiger partial charge in [0.1, 0.15) is 0 Å². The maximum Gasteiger partial charge on any atom is 0.347 e. The Kier molecular flexibility index (Phi) is 36.0. The molecule has 2 aromatic carbocycles. The molecule has 17 heteroatoms. The van der Waals surface area contributed by atoms with E-state index in [4.69, 9.17) is 23.7 Å². The molecule has 2 aromatic rings. The van der Waals surface area contributed by atoms with Gasteiger partial charge in [-0.3, -0.25) is 0 Å². The van der Waals surface area contributed by atoms with Crippen molar-refractivity contribution < 1.29 is 33.3 Å². The van der Waals surface area contributed by atoms with E-state index < -0.39 is 27.4 Å². The van der Waals surface area contributed by atoms with Crippen molar-refractivity contribution >= 4 is 112 Å². The second-order valence-corrected chi connectivity index (χ2v) is 69.1. The zero-order chi connectivity index (χ0) is 83.7. The molecule has 12 fully saturated rings. The molecule has 13 aliphatic heterocycles. The molecule has 15 rings (SSSR count). The lowest BCUT2D eigenvalue weighted by Gasteiger charge is -2.33. The Morgan fingerprint density at radius 2 is 0.487 bits per heavy atom. The molecule has 13 aliphatic rings. The molecule has 0 bridgehead atoms. The highest BCUT2D eigenvalue weighted by Crippen LogP contribution is 2.73. The summed E-state index contributed by atoms with van der Waals surface area (Å²) in [5, 5.41) is 8.48. The summed E-state index contributed by atoms with van der Waals surface area (Å²) in [6.45, 7) is 66.4. The second kappa shape index (κ2) is 42.6. The summed E-state index contributed by atoms with van der Waals surface area (Å²) < 4.78 is 30.5. The van der Waals surface area contributed by atoms with Crippen molar-refractivity contribution in [3.05, 3.63) is 59.2 Å². The molecule has 0 aromatic heterocycles. The van der Waals surface area contributed by atoms with Crippen molar-refractivity contribution in [2.75, 3.05) is 24.6 Å². The van der Waals surface area contributed by atoms with Gasteiger partial charge in [0.2, 0.25) is 0 Å². The van der Waals surface area contributed by atoms with Crippen LogP contribution >= 0.6 is 79.2 Å². The number of hydrogen-bond donors (Lipinski definition) is 0. The fourth-order valence-corrected chi connectivity index (χ4v) is 64.2. The first-order chi connectivity index (χ1) is 54.7. The molecular weight excluding hydrogens is 1600 g/mol. The predicted molar refractivity (Wildman–Crippen MR) is 524 cm³/mol. The molecule has 13 heterocycles. The zero-order valence-corrected chi connectivity index (χ0v) is 87.0. The number of cyclic esters (lactones) is 2. The number of fused-ring (bicyclic) bond motifs is 2. The van der Waals surface area contributed by atoms with E-state index in [-0.39, 0.29) is 83.9 Å². The van der Waals surface area contributed by atoms with Gasteiger partial charge in [0.05, 0.1) is 35.0 Å². The minimum absolute atomic E-state index is 0.0639. The molecule has 12 saturated heterocycles. The number of rotatable bonds is 20. The molecule has 28 atom stereocenters.